The van der Waals surface area contributed by atoms with Gasteiger partial charge in [0.15, 0.2) is 0 Å². The van der Waals surface area contributed by atoms with Crippen LogP contribution in [0.3, 0.4) is 0 Å². The molecule has 0 aliphatic heterocycles. The van der Waals surface area contributed by atoms with E-state index in [-0.39, 0.29) is 12.5 Å². The number of allylic oxidation sites excluding steroid dienone is 21. The maximum Gasteiger partial charge on any atom is 0.268 e. The Morgan fingerprint density at radius 1 is 0.409 bits per heavy atom. The van der Waals surface area contributed by atoms with Gasteiger partial charge in [-0.2, -0.15) is 0 Å². The minimum Gasteiger partial charge on any atom is -0.756 e. The van der Waals surface area contributed by atoms with Gasteiger partial charge in [-0.3, -0.25) is 9.36 Å². The molecule has 0 rings (SSSR count). The first-order chi connectivity index (χ1) is 43.0. The zero-order valence-electron chi connectivity index (χ0n) is 57.9. The van der Waals surface area contributed by atoms with Crippen LogP contribution in [0, 0.1) is 0 Å². The molecule has 0 heterocycles. The largest absolute Gasteiger partial charge is 0.756 e. The molecule has 8 nitrogen and oxygen atoms in total. The molecule has 506 valence electrons. The summed E-state index contributed by atoms with van der Waals surface area (Å²) in [5.41, 5.74) is 0. The predicted octanol–water partition coefficient (Wildman–Crippen LogP) is 23.1. The molecule has 0 saturated heterocycles. The van der Waals surface area contributed by atoms with Crippen LogP contribution in [0.5, 0.6) is 0 Å². The number of nitrogens with zero attached hydrogens (tertiary/aromatic N) is 1. The Bertz CT molecular complexity index is 1900. The number of carbonyl (C=O) groups is 1. The highest BCUT2D eigenvalue weighted by molar-refractivity contribution is 7.45. The second-order valence-electron chi connectivity index (χ2n) is 25.6. The van der Waals surface area contributed by atoms with E-state index in [9.17, 15) is 19.4 Å². The quantitative estimate of drug-likeness (QED) is 0.0272. The van der Waals surface area contributed by atoms with Crippen molar-refractivity contribution in [3.05, 3.63) is 134 Å². The number of unbranched alkanes of at least 4 members (excludes halogenated alkanes) is 33. The molecule has 0 fully saturated rings. The van der Waals surface area contributed by atoms with Gasteiger partial charge in [-0.15, -0.1) is 0 Å². The van der Waals surface area contributed by atoms with Crippen molar-refractivity contribution in [3.8, 4) is 0 Å². The standard InChI is InChI=1S/C79H139N2O6P/c1-6-8-10-12-14-16-18-20-22-24-26-28-30-32-34-36-37-38-39-40-41-42-43-45-47-49-51-53-55-57-59-61-63-65-67-69-71-73-79(83)80-77(76-87-88(84,85)86-75-74-81(3,4)5)78(82)72-70-68-66-64-62-60-58-56-54-52-50-48-46-44-35-33-31-29-27-25-23-21-19-17-15-13-11-9-7-2/h8,10,14,16,20,22,26,28,32,34,37-38,40-41,43,45,49,51,55,57,70,72,77-78,82H,6-7,9,11-13,15,17-19,21,23-25,27,29-31,33,35-36,39,42,44,46-48,50,52-54,56,58-69,71,73-76H2,1-5H3,(H-,80,83,84,85)/b10-8-,16-14-,22-20-,28-26-,34-32-,38-37-,41-40-,45-43-,51-49-,57-55-,72-70+. The van der Waals surface area contributed by atoms with E-state index in [0.29, 0.717) is 17.4 Å². The summed E-state index contributed by atoms with van der Waals surface area (Å²) in [7, 11) is 1.24. The van der Waals surface area contributed by atoms with Crippen LogP contribution in [-0.2, 0) is 18.4 Å². The Morgan fingerprint density at radius 2 is 0.693 bits per heavy atom. The maximum atomic E-state index is 13.0. The Labute approximate surface area is 545 Å². The van der Waals surface area contributed by atoms with E-state index < -0.39 is 26.6 Å². The van der Waals surface area contributed by atoms with Gasteiger partial charge in [0.2, 0.25) is 5.91 Å². The summed E-state index contributed by atoms with van der Waals surface area (Å²) >= 11 is 0. The lowest BCUT2D eigenvalue weighted by Crippen LogP contribution is -2.45. The summed E-state index contributed by atoms with van der Waals surface area (Å²) in [6, 6.07) is -0.907. The summed E-state index contributed by atoms with van der Waals surface area (Å²) in [5.74, 6) is -0.214. The Morgan fingerprint density at radius 3 is 1.01 bits per heavy atom. The number of nitrogens with one attached hydrogen (secondary N) is 1. The number of rotatable bonds is 66. The number of aliphatic hydroxyl groups excluding tert-OH is 1. The van der Waals surface area contributed by atoms with E-state index >= 15 is 0 Å². The van der Waals surface area contributed by atoms with E-state index in [1.807, 2.05) is 27.2 Å². The molecule has 1 amide bonds. The Balaban J connectivity index is 4.16. The Kier molecular flexibility index (Phi) is 65.4. The number of hydrogen-bond donors (Lipinski definition) is 2. The second kappa shape index (κ2) is 68.0. The molecule has 88 heavy (non-hydrogen) atoms. The molecular formula is C79H139N2O6P. The fourth-order valence-corrected chi connectivity index (χ4v) is 11.0. The van der Waals surface area contributed by atoms with Gasteiger partial charge in [-0.1, -0.05) is 340 Å². The van der Waals surface area contributed by atoms with Gasteiger partial charge >= 0.3 is 0 Å². The van der Waals surface area contributed by atoms with E-state index in [0.717, 1.165) is 128 Å². The molecule has 0 aromatic rings. The SMILES string of the molecule is CC/C=C\C/C=C\C/C=C\C/C=C\C/C=C\C/C=C\C/C=C\C/C=C\C/C=C\C/C=C\CCCCCCCCC(=O)NC(COP(=O)([O-])OCC[N+](C)(C)C)C(O)/C=C/CCCCCCCCCCCCCCCCCCCCCCCCCCCCC. The van der Waals surface area contributed by atoms with Crippen LogP contribution in [-0.4, -0.2) is 68.5 Å². The van der Waals surface area contributed by atoms with Gasteiger partial charge < -0.3 is 28.8 Å². The topological polar surface area (TPSA) is 108 Å². The predicted molar refractivity (Wildman–Crippen MR) is 385 cm³/mol. The van der Waals surface area contributed by atoms with Gasteiger partial charge in [-0.05, 0) is 96.3 Å². The number of phosphoric ester groups is 1. The monoisotopic (exact) mass is 1240 g/mol. The zero-order chi connectivity index (χ0) is 64.1. The van der Waals surface area contributed by atoms with E-state index in [2.05, 4.69) is 141 Å². The van der Waals surface area contributed by atoms with Crippen molar-refractivity contribution in [2.45, 2.75) is 321 Å². The number of amides is 1. The second-order valence-corrected chi connectivity index (χ2v) is 27.0. The van der Waals surface area contributed by atoms with Crippen molar-refractivity contribution in [2.24, 2.45) is 0 Å². The van der Waals surface area contributed by atoms with Crippen LogP contribution < -0.4 is 10.2 Å². The fraction of sp³-hybridized carbons (Fsp3) is 0.709. The van der Waals surface area contributed by atoms with Crippen molar-refractivity contribution in [1.29, 1.82) is 0 Å². The Hall–Kier alpha value is -3.36. The normalized spacial score (nSPS) is 14.4. The molecule has 3 atom stereocenters. The number of aliphatic hydroxyl groups is 1. The van der Waals surface area contributed by atoms with Crippen LogP contribution in [0.25, 0.3) is 0 Å². The lowest BCUT2D eigenvalue weighted by atomic mass is 10.0. The molecule has 0 saturated carbocycles. The lowest BCUT2D eigenvalue weighted by molar-refractivity contribution is -0.870. The molecular weight excluding hydrogens is 1100 g/mol. The number of likely N-dealkylation sites (N-methyl/N-ethyl adjacent to an activating group) is 1. The molecule has 3 unspecified atom stereocenters. The van der Waals surface area contributed by atoms with Crippen molar-refractivity contribution in [2.75, 3.05) is 40.9 Å². The van der Waals surface area contributed by atoms with Gasteiger partial charge in [0.25, 0.3) is 7.82 Å². The van der Waals surface area contributed by atoms with E-state index in [4.69, 9.17) is 9.05 Å². The van der Waals surface area contributed by atoms with Gasteiger partial charge in [-0.25, -0.2) is 0 Å². The van der Waals surface area contributed by atoms with Crippen LogP contribution in [0.1, 0.15) is 309 Å². The van der Waals surface area contributed by atoms with Crippen LogP contribution in [0.4, 0.5) is 0 Å². The first kappa shape index (κ1) is 84.6. The number of phosphoric acid groups is 1. The third kappa shape index (κ3) is 70.1. The molecule has 0 bridgehead atoms. The molecule has 0 aliphatic carbocycles. The van der Waals surface area contributed by atoms with Crippen LogP contribution in [0.2, 0.25) is 0 Å². The van der Waals surface area contributed by atoms with Crippen molar-refractivity contribution in [1.82, 2.24) is 5.32 Å². The van der Waals surface area contributed by atoms with Gasteiger partial charge in [0.1, 0.15) is 13.2 Å². The first-order valence-corrected chi connectivity index (χ1v) is 38.0. The first-order valence-electron chi connectivity index (χ1n) is 36.5. The summed E-state index contributed by atoms with van der Waals surface area (Å²) in [4.78, 5) is 25.7. The number of hydrogen-bond acceptors (Lipinski definition) is 6. The average molecular weight is 1240 g/mol. The summed E-state index contributed by atoms with van der Waals surface area (Å²) < 4.78 is 23.5. The fourth-order valence-electron chi connectivity index (χ4n) is 10.2. The van der Waals surface area contributed by atoms with Crippen molar-refractivity contribution in [3.63, 3.8) is 0 Å². The highest BCUT2D eigenvalue weighted by Gasteiger charge is 2.23. The minimum atomic E-state index is -4.62. The van der Waals surface area contributed by atoms with Gasteiger partial charge in [0.05, 0.1) is 39.9 Å². The van der Waals surface area contributed by atoms with Crippen molar-refractivity contribution >= 4 is 13.7 Å². The average Bonchev–Trinajstić information content (AvgIpc) is 3.70. The smallest absolute Gasteiger partial charge is 0.268 e. The highest BCUT2D eigenvalue weighted by Crippen LogP contribution is 2.38. The third-order valence-electron chi connectivity index (χ3n) is 15.9. The molecule has 0 aromatic carbocycles. The molecule has 0 aliphatic rings. The van der Waals surface area contributed by atoms with Crippen molar-refractivity contribution < 1.29 is 32.9 Å². The molecule has 2 N–H and O–H groups in total. The molecule has 0 aromatic heterocycles. The summed E-state index contributed by atoms with van der Waals surface area (Å²) in [5, 5.41) is 14.0. The summed E-state index contributed by atoms with van der Waals surface area (Å²) in [6.45, 7) is 4.54. The van der Waals surface area contributed by atoms with Gasteiger partial charge in [0, 0.05) is 6.42 Å². The lowest BCUT2D eigenvalue weighted by Gasteiger charge is -2.29. The van der Waals surface area contributed by atoms with Crippen LogP contribution >= 0.6 is 7.82 Å². The van der Waals surface area contributed by atoms with E-state index in [1.165, 1.54) is 161 Å². The minimum absolute atomic E-state index is 0.0104. The van der Waals surface area contributed by atoms with Crippen LogP contribution in [0.15, 0.2) is 134 Å². The zero-order valence-corrected chi connectivity index (χ0v) is 58.8. The molecule has 0 spiro atoms. The highest BCUT2D eigenvalue weighted by atomic mass is 31.2. The molecule has 9 heteroatoms. The number of quaternary nitrogens is 1. The molecule has 0 radical (unpaired) electrons. The number of carbonyl (C=O) groups excluding carboxylic acids is 1. The maximum absolute atomic E-state index is 13.0. The van der Waals surface area contributed by atoms with E-state index in [1.54, 1.807) is 6.08 Å². The summed E-state index contributed by atoms with van der Waals surface area (Å²) in [6.07, 6.45) is 103. The third-order valence-corrected chi connectivity index (χ3v) is 16.8.